The third kappa shape index (κ3) is 2.39. The third-order valence-corrected chi connectivity index (χ3v) is 2.61. The second-order valence-electron chi connectivity index (χ2n) is 2.50. The summed E-state index contributed by atoms with van der Waals surface area (Å²) in [5, 5.41) is 9.48. The molecule has 12 heavy (non-hydrogen) atoms. The monoisotopic (exact) mass is 185 g/mol. The first-order chi connectivity index (χ1) is 5.74. The summed E-state index contributed by atoms with van der Waals surface area (Å²) in [4.78, 5) is 15.6. The van der Waals surface area contributed by atoms with E-state index in [1.807, 2.05) is 0 Å². The molecule has 0 unspecified atom stereocenters. The number of Topliss-reactive ketones (excluding diaryl/α,β-unsaturated/α-hetero) is 1. The second-order valence-corrected chi connectivity index (χ2v) is 3.62. The average Bonchev–Trinajstić information content (AvgIpc) is 2.48. The first-order valence-corrected chi connectivity index (χ1v) is 4.62. The second kappa shape index (κ2) is 4.33. The molecule has 0 atom stereocenters. The third-order valence-electron chi connectivity index (χ3n) is 1.45. The number of carbonyl (C=O) groups excluding carboxylic acids is 1. The summed E-state index contributed by atoms with van der Waals surface area (Å²) in [6.07, 6.45) is 3.07. The number of aliphatic hydroxyl groups is 1. The molecule has 1 rings (SSSR count). The maximum Gasteiger partial charge on any atom is 0.171 e. The van der Waals surface area contributed by atoms with E-state index >= 15 is 0 Å². The molecule has 4 heteroatoms. The first-order valence-electron chi connectivity index (χ1n) is 3.80. The van der Waals surface area contributed by atoms with Crippen molar-refractivity contribution < 1.29 is 9.90 Å². The van der Waals surface area contributed by atoms with Crippen molar-refractivity contribution in [1.82, 2.24) is 4.98 Å². The van der Waals surface area contributed by atoms with E-state index in [1.54, 1.807) is 6.20 Å². The maximum atomic E-state index is 10.9. The Bertz CT molecular complexity index is 270. The molecule has 1 aromatic heterocycles. The van der Waals surface area contributed by atoms with E-state index in [9.17, 15) is 4.79 Å². The molecule has 0 saturated heterocycles. The van der Waals surface area contributed by atoms with Gasteiger partial charge in [0, 0.05) is 26.1 Å². The number of rotatable bonds is 4. The van der Waals surface area contributed by atoms with Gasteiger partial charge in [-0.05, 0) is 6.42 Å². The number of nitrogens with zero attached hydrogens (tertiary/aromatic N) is 1. The Morgan fingerprint density at radius 1 is 1.75 bits per heavy atom. The highest BCUT2D eigenvalue weighted by atomic mass is 32.1. The van der Waals surface area contributed by atoms with E-state index in [1.165, 1.54) is 18.3 Å². The van der Waals surface area contributed by atoms with Crippen LogP contribution in [0.4, 0.5) is 0 Å². The van der Waals surface area contributed by atoms with Crippen LogP contribution in [0, 0.1) is 0 Å². The molecule has 0 radical (unpaired) electrons. The lowest BCUT2D eigenvalue weighted by molar-refractivity contribution is 0.102. The van der Waals surface area contributed by atoms with E-state index in [4.69, 9.17) is 5.11 Å². The van der Waals surface area contributed by atoms with E-state index in [2.05, 4.69) is 4.98 Å². The lowest BCUT2D eigenvalue weighted by Gasteiger charge is -1.89. The molecule has 0 saturated carbocycles. The number of hydrogen-bond acceptors (Lipinski definition) is 4. The van der Waals surface area contributed by atoms with Crippen LogP contribution in [0.5, 0.6) is 0 Å². The van der Waals surface area contributed by atoms with Crippen molar-refractivity contribution in [2.75, 3.05) is 6.61 Å². The summed E-state index contributed by atoms with van der Waals surface area (Å²) in [6, 6.07) is 0. The summed E-state index contributed by atoms with van der Waals surface area (Å²) in [5.74, 6) is 0.0581. The molecule has 0 amide bonds. The smallest absolute Gasteiger partial charge is 0.171 e. The molecule has 3 nitrogen and oxygen atoms in total. The molecule has 0 fully saturated rings. The van der Waals surface area contributed by atoms with Gasteiger partial charge in [0.1, 0.15) is 0 Å². The SMILES string of the molecule is CC(=O)c1cnc(CCCO)s1. The number of aromatic nitrogens is 1. The normalized spacial score (nSPS) is 10.2. The summed E-state index contributed by atoms with van der Waals surface area (Å²) in [7, 11) is 0. The number of aliphatic hydroxyl groups excluding tert-OH is 1. The zero-order chi connectivity index (χ0) is 8.97. The van der Waals surface area contributed by atoms with Gasteiger partial charge in [-0.25, -0.2) is 4.98 Å². The lowest BCUT2D eigenvalue weighted by Crippen LogP contribution is -1.87. The Labute approximate surface area is 75.1 Å². The molecule has 0 aliphatic heterocycles. The molecule has 0 bridgehead atoms. The highest BCUT2D eigenvalue weighted by molar-refractivity contribution is 7.13. The number of hydrogen-bond donors (Lipinski definition) is 1. The van der Waals surface area contributed by atoms with Gasteiger partial charge in [-0.1, -0.05) is 0 Å². The quantitative estimate of drug-likeness (QED) is 0.719. The highest BCUT2D eigenvalue weighted by Gasteiger charge is 2.04. The molecule has 0 aromatic carbocycles. The van der Waals surface area contributed by atoms with Crippen LogP contribution in [-0.2, 0) is 6.42 Å². The fourth-order valence-corrected chi connectivity index (χ4v) is 1.67. The predicted octanol–water partition coefficient (Wildman–Crippen LogP) is 1.27. The van der Waals surface area contributed by atoms with Crippen LogP contribution < -0.4 is 0 Å². The molecule has 1 heterocycles. The highest BCUT2D eigenvalue weighted by Crippen LogP contribution is 2.14. The summed E-state index contributed by atoms with van der Waals surface area (Å²) < 4.78 is 0. The fourth-order valence-electron chi connectivity index (χ4n) is 0.819. The largest absolute Gasteiger partial charge is 0.396 e. The Hall–Kier alpha value is -0.740. The molecular weight excluding hydrogens is 174 g/mol. The Balaban J connectivity index is 2.58. The van der Waals surface area contributed by atoms with Crippen molar-refractivity contribution >= 4 is 17.1 Å². The van der Waals surface area contributed by atoms with Crippen LogP contribution in [0.1, 0.15) is 28.0 Å². The minimum Gasteiger partial charge on any atom is -0.396 e. The van der Waals surface area contributed by atoms with Crippen molar-refractivity contribution in [3.63, 3.8) is 0 Å². The Kier molecular flexibility index (Phi) is 3.37. The van der Waals surface area contributed by atoms with Crippen LogP contribution >= 0.6 is 11.3 Å². The van der Waals surface area contributed by atoms with Gasteiger partial charge in [-0.3, -0.25) is 4.79 Å². The van der Waals surface area contributed by atoms with Crippen LogP contribution in [0.25, 0.3) is 0 Å². The predicted molar refractivity (Wildman–Crippen MR) is 47.5 cm³/mol. The van der Waals surface area contributed by atoms with Gasteiger partial charge in [-0.15, -0.1) is 11.3 Å². The number of carbonyl (C=O) groups is 1. The number of ketones is 1. The Morgan fingerprint density at radius 3 is 3.00 bits per heavy atom. The van der Waals surface area contributed by atoms with Gasteiger partial charge in [0.15, 0.2) is 5.78 Å². The summed E-state index contributed by atoms with van der Waals surface area (Å²) >= 11 is 1.41. The van der Waals surface area contributed by atoms with Crippen LogP contribution in [0.2, 0.25) is 0 Å². The van der Waals surface area contributed by atoms with Crippen LogP contribution in [0.3, 0.4) is 0 Å². The van der Waals surface area contributed by atoms with Crippen molar-refractivity contribution in [2.45, 2.75) is 19.8 Å². The van der Waals surface area contributed by atoms with E-state index in [0.717, 1.165) is 11.4 Å². The molecule has 1 N–H and O–H groups in total. The Morgan fingerprint density at radius 2 is 2.50 bits per heavy atom. The van der Waals surface area contributed by atoms with Gasteiger partial charge >= 0.3 is 0 Å². The van der Waals surface area contributed by atoms with E-state index < -0.39 is 0 Å². The van der Waals surface area contributed by atoms with Crippen LogP contribution in [0.15, 0.2) is 6.20 Å². The molecule has 0 spiro atoms. The average molecular weight is 185 g/mol. The first kappa shape index (κ1) is 9.35. The van der Waals surface area contributed by atoms with Gasteiger partial charge in [0.25, 0.3) is 0 Å². The minimum absolute atomic E-state index is 0.0581. The summed E-state index contributed by atoms with van der Waals surface area (Å²) in [5.41, 5.74) is 0. The lowest BCUT2D eigenvalue weighted by atomic mass is 10.3. The number of aryl methyl sites for hydroxylation is 1. The van der Waals surface area contributed by atoms with E-state index in [0.29, 0.717) is 11.3 Å². The summed E-state index contributed by atoms with van der Waals surface area (Å²) in [6.45, 7) is 1.71. The maximum absolute atomic E-state index is 10.9. The molecule has 0 aliphatic carbocycles. The minimum atomic E-state index is 0.0581. The number of thiazole rings is 1. The zero-order valence-corrected chi connectivity index (χ0v) is 7.73. The van der Waals surface area contributed by atoms with Gasteiger partial charge in [0.2, 0.25) is 0 Å². The van der Waals surface area contributed by atoms with Gasteiger partial charge < -0.3 is 5.11 Å². The van der Waals surface area contributed by atoms with Crippen molar-refractivity contribution in [3.8, 4) is 0 Å². The van der Waals surface area contributed by atoms with Crippen LogP contribution in [-0.4, -0.2) is 22.5 Å². The zero-order valence-electron chi connectivity index (χ0n) is 6.91. The standard InChI is InChI=1S/C8H11NO2S/c1-6(11)7-5-9-8(12-7)3-2-4-10/h5,10H,2-4H2,1H3. The van der Waals surface area contributed by atoms with Gasteiger partial charge in [-0.2, -0.15) is 0 Å². The molecule has 0 aliphatic rings. The van der Waals surface area contributed by atoms with E-state index in [-0.39, 0.29) is 12.4 Å². The van der Waals surface area contributed by atoms with Crippen molar-refractivity contribution in [1.29, 1.82) is 0 Å². The molecule has 66 valence electrons. The fraction of sp³-hybridized carbons (Fsp3) is 0.500. The van der Waals surface area contributed by atoms with Crippen molar-refractivity contribution in [3.05, 3.63) is 16.1 Å². The topological polar surface area (TPSA) is 50.2 Å². The van der Waals surface area contributed by atoms with Gasteiger partial charge in [0.05, 0.1) is 9.88 Å². The molecule has 1 aromatic rings. The van der Waals surface area contributed by atoms with Crippen molar-refractivity contribution in [2.24, 2.45) is 0 Å². The molecular formula is C8H11NO2S.